The van der Waals surface area contributed by atoms with Crippen molar-refractivity contribution in [1.82, 2.24) is 4.31 Å². The minimum atomic E-state index is -2.31. The van der Waals surface area contributed by atoms with Gasteiger partial charge < -0.3 is 0 Å². The zero-order valence-electron chi connectivity index (χ0n) is 10.4. The molecule has 1 amide bonds. The van der Waals surface area contributed by atoms with Crippen molar-refractivity contribution in [3.63, 3.8) is 0 Å². The monoisotopic (exact) mass is 243 g/mol. The van der Waals surface area contributed by atoms with Crippen LogP contribution in [0.5, 0.6) is 0 Å². The van der Waals surface area contributed by atoms with Gasteiger partial charge in [0.1, 0.15) is 0 Å². The highest BCUT2D eigenvalue weighted by Crippen LogP contribution is 2.38. The number of hydrogen-bond donors (Lipinski definition) is 0. The fourth-order valence-electron chi connectivity index (χ4n) is 2.46. The largest absolute Gasteiger partial charge is 0.274 e. The number of carbonyl (C=O) groups excluding carboxylic acids is 1. The van der Waals surface area contributed by atoms with E-state index < -0.39 is 9.71 Å². The van der Waals surface area contributed by atoms with Gasteiger partial charge in [-0.3, -0.25) is 9.10 Å². The summed E-state index contributed by atoms with van der Waals surface area (Å²) in [5.41, 5.74) is 0.107. The molecule has 2 aliphatic rings. The Morgan fingerprint density at radius 1 is 1.44 bits per heavy atom. The molecule has 0 N–H and O–H groups in total. The third kappa shape index (κ3) is 2.26. The average Bonchev–Trinajstić information content (AvgIpc) is 2.79. The summed E-state index contributed by atoms with van der Waals surface area (Å²) < 4.78 is 13.9. The first-order chi connectivity index (χ1) is 7.21. The zero-order valence-corrected chi connectivity index (χ0v) is 11.2. The molecule has 2 unspecified atom stereocenters. The normalized spacial score (nSPS) is 35.8. The lowest BCUT2D eigenvalue weighted by Crippen LogP contribution is -2.33. The molecule has 1 aliphatic heterocycles. The molecular formula is C12H21NO2S. The van der Waals surface area contributed by atoms with Gasteiger partial charge >= 0.3 is 0 Å². The Morgan fingerprint density at radius 2 is 2.00 bits per heavy atom. The summed E-state index contributed by atoms with van der Waals surface area (Å²) in [6, 6.07) is 0.225. The van der Waals surface area contributed by atoms with Crippen LogP contribution in [0, 0.1) is 11.3 Å². The fourth-order valence-corrected chi connectivity index (χ4v) is 4.74. The summed E-state index contributed by atoms with van der Waals surface area (Å²) in [6.45, 7) is 6.35. The summed E-state index contributed by atoms with van der Waals surface area (Å²) in [5.74, 6) is 4.24. The fraction of sp³-hybridized carbons (Fsp3) is 0.833. The first kappa shape index (κ1) is 12.0. The van der Waals surface area contributed by atoms with Crippen LogP contribution in [0.3, 0.4) is 0 Å². The zero-order chi connectivity index (χ0) is 12.1. The highest BCUT2D eigenvalue weighted by Gasteiger charge is 2.47. The minimum Gasteiger partial charge on any atom is -0.274 e. The van der Waals surface area contributed by atoms with Crippen molar-refractivity contribution in [2.24, 2.45) is 11.3 Å². The second-order valence-electron chi connectivity index (χ2n) is 6.30. The molecule has 1 saturated carbocycles. The van der Waals surface area contributed by atoms with Gasteiger partial charge in [-0.15, -0.1) is 0 Å². The van der Waals surface area contributed by atoms with Crippen LogP contribution in [0.15, 0.2) is 0 Å². The van der Waals surface area contributed by atoms with Crippen LogP contribution in [-0.2, 0) is 14.5 Å². The first-order valence-electron chi connectivity index (χ1n) is 5.89. The molecule has 0 spiro atoms. The molecule has 2 atom stereocenters. The van der Waals surface area contributed by atoms with Crippen molar-refractivity contribution in [2.75, 3.05) is 5.75 Å². The van der Waals surface area contributed by atoms with Crippen LogP contribution >= 0.6 is 0 Å². The third-order valence-corrected chi connectivity index (χ3v) is 5.24. The molecule has 92 valence electrons. The van der Waals surface area contributed by atoms with Gasteiger partial charge in [0, 0.05) is 11.8 Å². The van der Waals surface area contributed by atoms with Gasteiger partial charge in [-0.1, -0.05) is 20.8 Å². The molecule has 0 radical (unpaired) electrons. The molecule has 1 aliphatic carbocycles. The quantitative estimate of drug-likeness (QED) is 0.692. The SMILES string of the molecule is C=S1(=O)CC(CC(C)(C)C)C(=O)N1C1CC1. The first-order valence-corrected chi connectivity index (χ1v) is 7.74. The Morgan fingerprint density at radius 3 is 2.44 bits per heavy atom. The standard InChI is InChI=1S/C12H21NO2S/c1-12(2,3)7-9-8-16(4,15)13(11(9)14)10-5-6-10/h9-10H,4-8H2,1-3H3. The van der Waals surface area contributed by atoms with Gasteiger partial charge in [-0.05, 0) is 30.5 Å². The minimum absolute atomic E-state index is 0.0781. The molecule has 16 heavy (non-hydrogen) atoms. The van der Waals surface area contributed by atoms with Crippen molar-refractivity contribution >= 4 is 21.5 Å². The average molecular weight is 243 g/mol. The van der Waals surface area contributed by atoms with Crippen molar-refractivity contribution in [2.45, 2.75) is 46.1 Å². The molecule has 0 aromatic heterocycles. The van der Waals surface area contributed by atoms with Crippen molar-refractivity contribution in [1.29, 1.82) is 0 Å². The van der Waals surface area contributed by atoms with Gasteiger partial charge in [0.25, 0.3) is 0 Å². The second-order valence-corrected chi connectivity index (χ2v) is 8.57. The molecule has 2 fully saturated rings. The number of rotatable bonds is 2. The molecule has 3 nitrogen and oxygen atoms in total. The van der Waals surface area contributed by atoms with Crippen molar-refractivity contribution in [3.05, 3.63) is 0 Å². The Kier molecular flexibility index (Phi) is 2.61. The maximum absolute atomic E-state index is 12.3. The van der Waals surface area contributed by atoms with Gasteiger partial charge in [0.05, 0.1) is 15.6 Å². The number of nitrogens with zero attached hydrogens (tertiary/aromatic N) is 1. The molecule has 0 bridgehead atoms. The van der Waals surface area contributed by atoms with E-state index in [1.807, 2.05) is 0 Å². The number of amides is 1. The third-order valence-electron chi connectivity index (χ3n) is 3.12. The Bertz CT molecular complexity index is 401. The van der Waals surface area contributed by atoms with E-state index in [0.29, 0.717) is 5.75 Å². The van der Waals surface area contributed by atoms with E-state index in [-0.39, 0.29) is 23.3 Å². The Hall–Kier alpha value is -0.510. The predicted octanol–water partition coefficient (Wildman–Crippen LogP) is 1.67. The summed E-state index contributed by atoms with van der Waals surface area (Å²) in [7, 11) is -2.31. The van der Waals surface area contributed by atoms with Crippen LogP contribution in [0.25, 0.3) is 0 Å². The van der Waals surface area contributed by atoms with Crippen molar-refractivity contribution in [3.8, 4) is 0 Å². The van der Waals surface area contributed by atoms with E-state index in [9.17, 15) is 9.00 Å². The molecule has 0 aromatic rings. The van der Waals surface area contributed by atoms with Crippen LogP contribution < -0.4 is 0 Å². The van der Waals surface area contributed by atoms with Crippen LogP contribution in [0.4, 0.5) is 0 Å². The highest BCUT2D eigenvalue weighted by atomic mass is 32.2. The van der Waals surface area contributed by atoms with E-state index in [0.717, 1.165) is 19.3 Å². The highest BCUT2D eigenvalue weighted by molar-refractivity contribution is 7.99. The molecular weight excluding hydrogens is 222 g/mol. The van der Waals surface area contributed by atoms with E-state index in [4.69, 9.17) is 0 Å². The molecule has 2 rings (SSSR count). The molecule has 1 heterocycles. The second kappa shape index (κ2) is 3.49. The van der Waals surface area contributed by atoms with Crippen LogP contribution in [0.1, 0.15) is 40.0 Å². The number of carbonyl (C=O) groups is 1. The molecule has 4 heteroatoms. The maximum Gasteiger partial charge on any atom is 0.238 e. The van der Waals surface area contributed by atoms with Gasteiger partial charge in [-0.2, -0.15) is 0 Å². The van der Waals surface area contributed by atoms with E-state index in [1.165, 1.54) is 0 Å². The summed E-state index contributed by atoms with van der Waals surface area (Å²) in [6.07, 6.45) is 2.81. The summed E-state index contributed by atoms with van der Waals surface area (Å²) in [5, 5.41) is 0. The van der Waals surface area contributed by atoms with Crippen LogP contribution in [0.2, 0.25) is 0 Å². The maximum atomic E-state index is 12.3. The lowest BCUT2D eigenvalue weighted by Gasteiger charge is -2.21. The van der Waals surface area contributed by atoms with Gasteiger partial charge in [0.15, 0.2) is 0 Å². The topological polar surface area (TPSA) is 37.4 Å². The summed E-state index contributed by atoms with van der Waals surface area (Å²) >= 11 is 0. The number of hydrogen-bond acceptors (Lipinski definition) is 2. The van der Waals surface area contributed by atoms with Crippen molar-refractivity contribution < 1.29 is 9.00 Å². The summed E-state index contributed by atoms with van der Waals surface area (Å²) in [4.78, 5) is 12.2. The van der Waals surface area contributed by atoms with Crippen LogP contribution in [-0.4, -0.2) is 32.1 Å². The van der Waals surface area contributed by atoms with Gasteiger partial charge in [-0.25, -0.2) is 4.21 Å². The molecule has 0 aromatic carbocycles. The Labute approximate surface area is 98.3 Å². The Balaban J connectivity index is 2.17. The lowest BCUT2D eigenvalue weighted by molar-refractivity contribution is -0.129. The van der Waals surface area contributed by atoms with Gasteiger partial charge in [0.2, 0.25) is 5.91 Å². The molecule has 1 saturated heterocycles. The smallest absolute Gasteiger partial charge is 0.238 e. The lowest BCUT2D eigenvalue weighted by atomic mass is 9.85. The van der Waals surface area contributed by atoms with E-state index in [2.05, 4.69) is 26.6 Å². The van der Waals surface area contributed by atoms with E-state index in [1.54, 1.807) is 4.31 Å². The predicted molar refractivity (Wildman–Crippen MR) is 67.6 cm³/mol. The van der Waals surface area contributed by atoms with E-state index >= 15 is 0 Å².